The Morgan fingerprint density at radius 3 is 2.83 bits per heavy atom. The van der Waals surface area contributed by atoms with Crippen molar-refractivity contribution in [2.45, 2.75) is 6.54 Å². The van der Waals surface area contributed by atoms with Gasteiger partial charge in [-0.25, -0.2) is 4.39 Å². The van der Waals surface area contributed by atoms with Crippen molar-refractivity contribution in [1.29, 1.82) is 0 Å². The molecule has 92 valence electrons. The Morgan fingerprint density at radius 1 is 1.06 bits per heavy atom. The van der Waals surface area contributed by atoms with Gasteiger partial charge in [0.1, 0.15) is 5.82 Å². The van der Waals surface area contributed by atoms with Crippen molar-refractivity contribution in [3.8, 4) is 11.5 Å². The highest BCUT2D eigenvalue weighted by atomic mass is 19.1. The number of ether oxygens (including phenoxy) is 2. The molecule has 3 nitrogen and oxygen atoms in total. The lowest BCUT2D eigenvalue weighted by molar-refractivity contribution is 0.174. The van der Waals surface area contributed by atoms with E-state index in [9.17, 15) is 4.39 Å². The molecule has 0 saturated heterocycles. The van der Waals surface area contributed by atoms with Gasteiger partial charge in [-0.2, -0.15) is 0 Å². The van der Waals surface area contributed by atoms with Crippen LogP contribution in [0.5, 0.6) is 11.5 Å². The molecule has 2 aromatic carbocycles. The molecule has 0 saturated carbocycles. The normalized spacial score (nSPS) is 12.5. The predicted molar refractivity (Wildman–Crippen MR) is 66.3 cm³/mol. The van der Waals surface area contributed by atoms with Gasteiger partial charge in [-0.15, -0.1) is 0 Å². The van der Waals surface area contributed by atoms with E-state index in [1.54, 1.807) is 6.07 Å². The SMILES string of the molecule is Fc1cccc(NCc2ccc3c(c2)OCO3)c1. The van der Waals surface area contributed by atoms with Crippen LogP contribution in [0.2, 0.25) is 0 Å². The van der Waals surface area contributed by atoms with Gasteiger partial charge >= 0.3 is 0 Å². The lowest BCUT2D eigenvalue weighted by atomic mass is 10.2. The van der Waals surface area contributed by atoms with E-state index in [1.165, 1.54) is 12.1 Å². The molecular weight excluding hydrogens is 233 g/mol. The van der Waals surface area contributed by atoms with Gasteiger partial charge in [0, 0.05) is 12.2 Å². The summed E-state index contributed by atoms with van der Waals surface area (Å²) in [5, 5.41) is 3.16. The van der Waals surface area contributed by atoms with Crippen molar-refractivity contribution in [2.75, 3.05) is 12.1 Å². The molecular formula is C14H12FNO2. The van der Waals surface area contributed by atoms with Crippen LogP contribution in [0.15, 0.2) is 42.5 Å². The fraction of sp³-hybridized carbons (Fsp3) is 0.143. The molecule has 0 bridgehead atoms. The summed E-state index contributed by atoms with van der Waals surface area (Å²) in [6.45, 7) is 0.885. The number of fused-ring (bicyclic) bond motifs is 1. The average Bonchev–Trinajstić information content (AvgIpc) is 2.84. The van der Waals surface area contributed by atoms with Crippen LogP contribution in [0.4, 0.5) is 10.1 Å². The van der Waals surface area contributed by atoms with Crippen molar-refractivity contribution < 1.29 is 13.9 Å². The van der Waals surface area contributed by atoms with Crippen LogP contribution in [0.25, 0.3) is 0 Å². The molecule has 1 aliphatic rings. The van der Waals surface area contributed by atoms with Gasteiger partial charge in [-0.05, 0) is 35.9 Å². The molecule has 0 atom stereocenters. The fourth-order valence-corrected chi connectivity index (χ4v) is 1.85. The summed E-state index contributed by atoms with van der Waals surface area (Å²) in [5.74, 6) is 1.28. The van der Waals surface area contributed by atoms with Gasteiger partial charge in [-0.3, -0.25) is 0 Å². The highest BCUT2D eigenvalue weighted by Crippen LogP contribution is 2.32. The first-order chi connectivity index (χ1) is 8.81. The van der Waals surface area contributed by atoms with Crippen LogP contribution < -0.4 is 14.8 Å². The zero-order chi connectivity index (χ0) is 12.4. The molecule has 1 heterocycles. The highest BCUT2D eigenvalue weighted by molar-refractivity contribution is 5.47. The molecule has 4 heteroatoms. The maximum absolute atomic E-state index is 13.0. The monoisotopic (exact) mass is 245 g/mol. The summed E-state index contributed by atoms with van der Waals surface area (Å²) >= 11 is 0. The van der Waals surface area contributed by atoms with E-state index in [1.807, 2.05) is 24.3 Å². The first kappa shape index (κ1) is 10.9. The fourth-order valence-electron chi connectivity index (χ4n) is 1.85. The number of rotatable bonds is 3. The van der Waals surface area contributed by atoms with Gasteiger partial charge < -0.3 is 14.8 Å². The van der Waals surface area contributed by atoms with Gasteiger partial charge in [0.05, 0.1) is 0 Å². The Bertz CT molecular complexity index is 571. The summed E-state index contributed by atoms with van der Waals surface area (Å²) in [7, 11) is 0. The zero-order valence-electron chi connectivity index (χ0n) is 9.65. The molecule has 0 aromatic heterocycles. The van der Waals surface area contributed by atoms with Crippen molar-refractivity contribution in [3.05, 3.63) is 53.8 Å². The number of anilines is 1. The Labute approximate surface area is 104 Å². The summed E-state index contributed by atoms with van der Waals surface area (Å²) < 4.78 is 23.5. The van der Waals surface area contributed by atoms with Gasteiger partial charge in [0.15, 0.2) is 11.5 Å². The van der Waals surface area contributed by atoms with Gasteiger partial charge in [0.2, 0.25) is 6.79 Å². The zero-order valence-corrected chi connectivity index (χ0v) is 9.65. The van der Waals surface area contributed by atoms with Crippen LogP contribution in [-0.2, 0) is 6.54 Å². The molecule has 0 aliphatic carbocycles. The number of benzene rings is 2. The maximum atomic E-state index is 13.0. The van der Waals surface area contributed by atoms with Gasteiger partial charge in [-0.1, -0.05) is 12.1 Å². The third-order valence-electron chi connectivity index (χ3n) is 2.76. The molecule has 3 rings (SSSR count). The molecule has 0 radical (unpaired) electrons. The molecule has 0 unspecified atom stereocenters. The highest BCUT2D eigenvalue weighted by Gasteiger charge is 2.12. The summed E-state index contributed by atoms with van der Waals surface area (Å²) in [6.07, 6.45) is 0. The van der Waals surface area contributed by atoms with Crippen molar-refractivity contribution >= 4 is 5.69 Å². The van der Waals surface area contributed by atoms with E-state index in [-0.39, 0.29) is 12.6 Å². The molecule has 1 N–H and O–H groups in total. The number of hydrogen-bond donors (Lipinski definition) is 1. The smallest absolute Gasteiger partial charge is 0.231 e. The Kier molecular flexibility index (Phi) is 2.76. The lowest BCUT2D eigenvalue weighted by Gasteiger charge is -2.07. The average molecular weight is 245 g/mol. The van der Waals surface area contributed by atoms with Crippen LogP contribution in [-0.4, -0.2) is 6.79 Å². The Balaban J connectivity index is 1.70. The second-order valence-corrected chi connectivity index (χ2v) is 4.05. The summed E-state index contributed by atoms with van der Waals surface area (Å²) in [6, 6.07) is 12.2. The van der Waals surface area contributed by atoms with E-state index >= 15 is 0 Å². The lowest BCUT2D eigenvalue weighted by Crippen LogP contribution is -1.99. The Morgan fingerprint density at radius 2 is 1.94 bits per heavy atom. The van der Waals surface area contributed by atoms with Crippen LogP contribution in [0.3, 0.4) is 0 Å². The second-order valence-electron chi connectivity index (χ2n) is 4.05. The predicted octanol–water partition coefficient (Wildman–Crippen LogP) is 3.17. The van der Waals surface area contributed by atoms with E-state index < -0.39 is 0 Å². The summed E-state index contributed by atoms with van der Waals surface area (Å²) in [4.78, 5) is 0. The standard InChI is InChI=1S/C14H12FNO2/c15-11-2-1-3-12(7-11)16-8-10-4-5-13-14(6-10)18-9-17-13/h1-7,16H,8-9H2. The topological polar surface area (TPSA) is 30.5 Å². The van der Waals surface area contributed by atoms with E-state index in [4.69, 9.17) is 9.47 Å². The van der Waals surface area contributed by atoms with Crippen LogP contribution >= 0.6 is 0 Å². The number of nitrogens with one attached hydrogen (secondary N) is 1. The minimum absolute atomic E-state index is 0.245. The van der Waals surface area contributed by atoms with Crippen LogP contribution in [0.1, 0.15) is 5.56 Å². The minimum atomic E-state index is -0.245. The van der Waals surface area contributed by atoms with Crippen molar-refractivity contribution in [2.24, 2.45) is 0 Å². The van der Waals surface area contributed by atoms with E-state index in [2.05, 4.69) is 5.32 Å². The quantitative estimate of drug-likeness (QED) is 0.901. The van der Waals surface area contributed by atoms with E-state index in [0.717, 1.165) is 22.7 Å². The van der Waals surface area contributed by atoms with Crippen LogP contribution in [0, 0.1) is 5.82 Å². The largest absolute Gasteiger partial charge is 0.454 e. The molecule has 18 heavy (non-hydrogen) atoms. The maximum Gasteiger partial charge on any atom is 0.231 e. The number of halogens is 1. The summed E-state index contributed by atoms with van der Waals surface area (Å²) in [5.41, 5.74) is 1.82. The number of hydrogen-bond acceptors (Lipinski definition) is 3. The van der Waals surface area contributed by atoms with Gasteiger partial charge in [0.25, 0.3) is 0 Å². The molecule has 0 amide bonds. The van der Waals surface area contributed by atoms with Crippen molar-refractivity contribution in [1.82, 2.24) is 0 Å². The third-order valence-corrected chi connectivity index (χ3v) is 2.76. The third kappa shape index (κ3) is 2.22. The minimum Gasteiger partial charge on any atom is -0.454 e. The second kappa shape index (κ2) is 4.56. The molecule has 2 aromatic rings. The van der Waals surface area contributed by atoms with Crippen molar-refractivity contribution in [3.63, 3.8) is 0 Å². The van der Waals surface area contributed by atoms with E-state index in [0.29, 0.717) is 6.54 Å². The molecule has 0 fully saturated rings. The molecule has 0 spiro atoms. The Hall–Kier alpha value is -2.23. The first-order valence-electron chi connectivity index (χ1n) is 5.69. The first-order valence-corrected chi connectivity index (χ1v) is 5.69. The molecule has 1 aliphatic heterocycles.